The van der Waals surface area contributed by atoms with Crippen molar-refractivity contribution in [1.29, 1.82) is 0 Å². The smallest absolute Gasteiger partial charge is 0.341 e. The molecule has 0 unspecified atom stereocenters. The second-order valence-electron chi connectivity index (χ2n) is 5.55. The highest BCUT2D eigenvalue weighted by molar-refractivity contribution is 7.16. The Morgan fingerprint density at radius 2 is 1.89 bits per heavy atom. The van der Waals surface area contributed by atoms with Crippen LogP contribution in [0.4, 0.5) is 5.00 Å². The number of nitrogens with one attached hydrogen (secondary N) is 1. The summed E-state index contributed by atoms with van der Waals surface area (Å²) in [5, 5.41) is 3.43. The molecule has 8 heteroatoms. The van der Waals surface area contributed by atoms with Crippen LogP contribution in [0.2, 0.25) is 5.02 Å². The van der Waals surface area contributed by atoms with E-state index in [4.69, 9.17) is 21.1 Å². The molecule has 0 aliphatic carbocycles. The summed E-state index contributed by atoms with van der Waals surface area (Å²) in [4.78, 5) is 37.4. The summed E-state index contributed by atoms with van der Waals surface area (Å²) in [5.41, 5.74) is 1.45. The van der Waals surface area contributed by atoms with Crippen molar-refractivity contribution < 1.29 is 23.9 Å². The number of aryl methyl sites for hydroxylation is 1. The summed E-state index contributed by atoms with van der Waals surface area (Å²) in [7, 11) is 0. The van der Waals surface area contributed by atoms with Crippen molar-refractivity contribution in [1.82, 2.24) is 0 Å². The van der Waals surface area contributed by atoms with Crippen molar-refractivity contribution in [3.8, 4) is 0 Å². The molecule has 0 fully saturated rings. The molecule has 0 spiro atoms. The number of ether oxygens (including phenoxy) is 2. The van der Waals surface area contributed by atoms with Gasteiger partial charge in [-0.2, -0.15) is 0 Å². The van der Waals surface area contributed by atoms with E-state index in [0.29, 0.717) is 22.0 Å². The molecular formula is C19H20ClNO5S. The predicted octanol–water partition coefficient (Wildman–Crippen LogP) is 4.24. The Labute approximate surface area is 166 Å². The van der Waals surface area contributed by atoms with Gasteiger partial charge in [0.2, 0.25) is 0 Å². The van der Waals surface area contributed by atoms with E-state index in [1.807, 2.05) is 13.8 Å². The maximum atomic E-state index is 12.3. The number of amides is 1. The maximum Gasteiger partial charge on any atom is 0.341 e. The second-order valence-corrected chi connectivity index (χ2v) is 7.21. The van der Waals surface area contributed by atoms with E-state index in [1.54, 1.807) is 25.1 Å². The lowest BCUT2D eigenvalue weighted by atomic mass is 10.1. The van der Waals surface area contributed by atoms with Crippen LogP contribution in [0.5, 0.6) is 0 Å². The van der Waals surface area contributed by atoms with E-state index >= 15 is 0 Å². The molecule has 0 saturated heterocycles. The summed E-state index contributed by atoms with van der Waals surface area (Å²) in [5.74, 6) is -1.68. The van der Waals surface area contributed by atoms with Crippen LogP contribution >= 0.6 is 22.9 Å². The topological polar surface area (TPSA) is 81.7 Å². The first-order chi connectivity index (χ1) is 12.9. The predicted molar refractivity (Wildman–Crippen MR) is 105 cm³/mol. The molecule has 0 aliphatic heterocycles. The number of halogens is 1. The van der Waals surface area contributed by atoms with Gasteiger partial charge in [-0.15, -0.1) is 11.3 Å². The summed E-state index contributed by atoms with van der Waals surface area (Å²) >= 11 is 7.12. The van der Waals surface area contributed by atoms with Crippen molar-refractivity contribution in [3.05, 3.63) is 50.9 Å². The van der Waals surface area contributed by atoms with Crippen molar-refractivity contribution in [3.63, 3.8) is 0 Å². The third kappa shape index (κ3) is 5.30. The molecule has 0 atom stereocenters. The molecular weight excluding hydrogens is 390 g/mol. The van der Waals surface area contributed by atoms with Gasteiger partial charge >= 0.3 is 11.9 Å². The molecule has 2 aromatic rings. The van der Waals surface area contributed by atoms with Gasteiger partial charge in [0.05, 0.1) is 17.7 Å². The zero-order valence-electron chi connectivity index (χ0n) is 15.3. The Bertz CT molecular complexity index is 862. The van der Waals surface area contributed by atoms with Gasteiger partial charge in [-0.3, -0.25) is 4.79 Å². The average molecular weight is 410 g/mol. The Balaban J connectivity index is 2.07. The minimum atomic E-state index is -0.658. The van der Waals surface area contributed by atoms with Crippen LogP contribution in [0, 0.1) is 6.92 Å². The number of esters is 2. The molecule has 1 aromatic carbocycles. The van der Waals surface area contributed by atoms with Gasteiger partial charge in [-0.05, 0) is 44.0 Å². The summed E-state index contributed by atoms with van der Waals surface area (Å²) < 4.78 is 10.1. The summed E-state index contributed by atoms with van der Waals surface area (Å²) in [6, 6.07) is 6.25. The van der Waals surface area contributed by atoms with Crippen LogP contribution < -0.4 is 5.32 Å². The molecule has 1 heterocycles. The number of carbonyl (C=O) groups is 3. The van der Waals surface area contributed by atoms with Gasteiger partial charge < -0.3 is 14.8 Å². The third-order valence-corrected chi connectivity index (χ3v) is 4.99. The van der Waals surface area contributed by atoms with E-state index < -0.39 is 24.5 Å². The molecule has 1 aromatic heterocycles. The average Bonchev–Trinajstić information content (AvgIpc) is 2.94. The summed E-state index contributed by atoms with van der Waals surface area (Å²) in [6.07, 6.45) is 0.635. The van der Waals surface area contributed by atoms with Gasteiger partial charge in [0, 0.05) is 9.90 Å². The van der Waals surface area contributed by atoms with Crippen LogP contribution in [0.15, 0.2) is 24.3 Å². The lowest BCUT2D eigenvalue weighted by molar-refractivity contribution is -0.119. The number of carbonyl (C=O) groups excluding carboxylic acids is 3. The van der Waals surface area contributed by atoms with E-state index in [1.165, 1.54) is 17.4 Å². The van der Waals surface area contributed by atoms with E-state index in [0.717, 1.165) is 10.4 Å². The molecule has 1 N–H and O–H groups in total. The number of thiophene rings is 1. The fourth-order valence-electron chi connectivity index (χ4n) is 2.50. The van der Waals surface area contributed by atoms with Crippen LogP contribution in [-0.4, -0.2) is 31.1 Å². The fourth-order valence-corrected chi connectivity index (χ4v) is 3.84. The van der Waals surface area contributed by atoms with Gasteiger partial charge in [-0.1, -0.05) is 24.6 Å². The number of hydrogen-bond acceptors (Lipinski definition) is 6. The van der Waals surface area contributed by atoms with Crippen LogP contribution in [0.1, 0.15) is 45.0 Å². The Hall–Kier alpha value is -2.38. The van der Waals surface area contributed by atoms with E-state index in [2.05, 4.69) is 5.32 Å². The molecule has 0 radical (unpaired) electrons. The first-order valence-corrected chi connectivity index (χ1v) is 9.58. The minimum absolute atomic E-state index is 0.238. The van der Waals surface area contributed by atoms with Crippen LogP contribution in [0.3, 0.4) is 0 Å². The zero-order valence-corrected chi connectivity index (χ0v) is 16.8. The van der Waals surface area contributed by atoms with Crippen molar-refractivity contribution in [2.45, 2.75) is 27.2 Å². The standard InChI is InChI=1S/C19H20ClNO5S/c1-4-14-11(3)27-17(16(14)19(24)25-5-2)21-15(22)10-26-18(23)12-7-6-8-13(20)9-12/h6-9H,4-5,10H2,1-3H3,(H,21,22). The molecule has 2 rings (SSSR count). The minimum Gasteiger partial charge on any atom is -0.462 e. The SMILES string of the molecule is CCOC(=O)c1c(NC(=O)COC(=O)c2cccc(Cl)c2)sc(C)c1CC. The maximum absolute atomic E-state index is 12.3. The fraction of sp³-hybridized carbons (Fsp3) is 0.316. The quantitative estimate of drug-likeness (QED) is 0.691. The number of benzene rings is 1. The first-order valence-electron chi connectivity index (χ1n) is 8.39. The number of rotatable bonds is 7. The Morgan fingerprint density at radius 3 is 2.52 bits per heavy atom. The Morgan fingerprint density at radius 1 is 1.15 bits per heavy atom. The second kappa shape index (κ2) is 9.53. The lowest BCUT2D eigenvalue weighted by Gasteiger charge is -2.08. The largest absolute Gasteiger partial charge is 0.462 e. The molecule has 0 aliphatic rings. The monoisotopic (exact) mass is 409 g/mol. The van der Waals surface area contributed by atoms with Gasteiger partial charge in [0.1, 0.15) is 5.00 Å². The highest BCUT2D eigenvalue weighted by Gasteiger charge is 2.23. The third-order valence-electron chi connectivity index (χ3n) is 3.69. The zero-order chi connectivity index (χ0) is 20.0. The molecule has 27 heavy (non-hydrogen) atoms. The Kier molecular flexibility index (Phi) is 7.38. The number of anilines is 1. The molecule has 1 amide bonds. The number of hydrogen-bond donors (Lipinski definition) is 1. The molecule has 0 saturated carbocycles. The van der Waals surface area contributed by atoms with Crippen LogP contribution in [-0.2, 0) is 20.7 Å². The van der Waals surface area contributed by atoms with Gasteiger partial charge in [0.25, 0.3) is 5.91 Å². The van der Waals surface area contributed by atoms with Gasteiger partial charge in [-0.25, -0.2) is 9.59 Å². The van der Waals surface area contributed by atoms with Crippen molar-refractivity contribution in [2.75, 3.05) is 18.5 Å². The van der Waals surface area contributed by atoms with Crippen molar-refractivity contribution >= 4 is 45.8 Å². The lowest BCUT2D eigenvalue weighted by Crippen LogP contribution is -2.22. The molecule has 6 nitrogen and oxygen atoms in total. The highest BCUT2D eigenvalue weighted by Crippen LogP contribution is 2.34. The van der Waals surface area contributed by atoms with E-state index in [-0.39, 0.29) is 12.2 Å². The van der Waals surface area contributed by atoms with E-state index in [9.17, 15) is 14.4 Å². The van der Waals surface area contributed by atoms with Crippen molar-refractivity contribution in [2.24, 2.45) is 0 Å². The summed E-state index contributed by atoms with van der Waals surface area (Å²) in [6.45, 7) is 5.28. The van der Waals surface area contributed by atoms with Gasteiger partial charge in [0.15, 0.2) is 6.61 Å². The normalized spacial score (nSPS) is 10.4. The highest BCUT2D eigenvalue weighted by atomic mass is 35.5. The molecule has 0 bridgehead atoms. The van der Waals surface area contributed by atoms with Crippen LogP contribution in [0.25, 0.3) is 0 Å². The molecule has 144 valence electrons. The first kappa shape index (κ1) is 20.9.